The van der Waals surface area contributed by atoms with Crippen molar-refractivity contribution in [1.82, 2.24) is 0 Å². The van der Waals surface area contributed by atoms with Crippen LogP contribution in [0.4, 0.5) is 5.69 Å². The van der Waals surface area contributed by atoms with Crippen LogP contribution in [0, 0.1) is 12.3 Å². The second-order valence-electron chi connectivity index (χ2n) is 4.27. The van der Waals surface area contributed by atoms with E-state index in [1.54, 1.807) is 0 Å². The lowest BCUT2D eigenvalue weighted by atomic mass is 10.1. The van der Waals surface area contributed by atoms with Crippen LogP contribution >= 0.6 is 0 Å². The van der Waals surface area contributed by atoms with Crippen LogP contribution in [0.5, 0.6) is 5.75 Å². The number of hydrogen-bond acceptors (Lipinski definition) is 6. The third-order valence-corrected chi connectivity index (χ3v) is 3.76. The molecule has 0 radical (unpaired) electrons. The highest BCUT2D eigenvalue weighted by Crippen LogP contribution is 2.34. The largest absolute Gasteiger partial charge is 0.494 e. The van der Waals surface area contributed by atoms with Crippen LogP contribution in [0.2, 0.25) is 0 Å². The fourth-order valence-corrected chi connectivity index (χ4v) is 2.67. The lowest BCUT2D eigenvalue weighted by Crippen LogP contribution is -2.21. The second kappa shape index (κ2) is 7.28. The van der Waals surface area contributed by atoms with E-state index in [-0.39, 0.29) is 29.2 Å². The first-order valence-corrected chi connectivity index (χ1v) is 7.58. The number of sulfonamides is 1. The zero-order chi connectivity index (χ0) is 16.0. The number of nitrogens with one attached hydrogen (secondary N) is 1. The van der Waals surface area contributed by atoms with Crippen LogP contribution in [-0.4, -0.2) is 45.0 Å². The van der Waals surface area contributed by atoms with E-state index in [9.17, 15) is 13.5 Å². The van der Waals surface area contributed by atoms with Gasteiger partial charge in [-0.25, -0.2) is 13.6 Å². The number of rotatable bonds is 7. The maximum absolute atomic E-state index is 11.6. The molecule has 0 spiro atoms. The van der Waals surface area contributed by atoms with E-state index < -0.39 is 22.7 Å². The Morgan fingerprint density at radius 1 is 1.52 bits per heavy atom. The molecule has 1 aromatic carbocycles. The van der Waals surface area contributed by atoms with Crippen molar-refractivity contribution in [3.8, 4) is 18.1 Å². The summed E-state index contributed by atoms with van der Waals surface area (Å²) in [6.07, 6.45) is 3.90. The Morgan fingerprint density at radius 3 is 2.67 bits per heavy atom. The van der Waals surface area contributed by atoms with Gasteiger partial charge in [-0.05, 0) is 12.1 Å². The minimum atomic E-state index is -4.00. The first-order valence-electron chi connectivity index (χ1n) is 6.04. The molecule has 7 nitrogen and oxygen atoms in total. The van der Waals surface area contributed by atoms with Gasteiger partial charge in [-0.2, -0.15) is 0 Å². The molecule has 1 aromatic rings. The normalized spacial score (nSPS) is 12.5. The average molecular weight is 314 g/mol. The first kappa shape index (κ1) is 17.3. The van der Waals surface area contributed by atoms with Gasteiger partial charge in [0, 0.05) is 12.0 Å². The summed E-state index contributed by atoms with van der Waals surface area (Å²) in [5, 5.41) is 26.6. The lowest BCUT2D eigenvalue weighted by molar-refractivity contribution is 0.0944. The molecule has 0 saturated carbocycles. The molecule has 116 valence electrons. The SMILES string of the molecule is C#CCNc1ccc(S(N)(=O)=O)c(CC(O)CO)c1OC. The quantitative estimate of drug-likeness (QED) is 0.493. The summed E-state index contributed by atoms with van der Waals surface area (Å²) in [4.78, 5) is -0.168. The summed E-state index contributed by atoms with van der Waals surface area (Å²) in [5.41, 5.74) is 0.659. The fourth-order valence-electron chi connectivity index (χ4n) is 1.89. The van der Waals surface area contributed by atoms with Crippen molar-refractivity contribution in [3.63, 3.8) is 0 Å². The first-order chi connectivity index (χ1) is 9.85. The van der Waals surface area contributed by atoms with Gasteiger partial charge in [0.05, 0.1) is 36.9 Å². The zero-order valence-corrected chi connectivity index (χ0v) is 12.4. The smallest absolute Gasteiger partial charge is 0.238 e. The van der Waals surface area contributed by atoms with E-state index in [1.807, 2.05) is 0 Å². The van der Waals surface area contributed by atoms with Crippen molar-refractivity contribution >= 4 is 15.7 Å². The van der Waals surface area contributed by atoms with E-state index in [1.165, 1.54) is 19.2 Å². The van der Waals surface area contributed by atoms with Gasteiger partial charge >= 0.3 is 0 Å². The van der Waals surface area contributed by atoms with E-state index in [0.29, 0.717) is 5.69 Å². The molecular weight excluding hydrogens is 296 g/mol. The number of aliphatic hydroxyl groups excluding tert-OH is 2. The molecule has 0 heterocycles. The number of nitrogens with two attached hydrogens (primary N) is 1. The summed E-state index contributed by atoms with van der Waals surface area (Å²) in [6.45, 7) is -0.303. The van der Waals surface area contributed by atoms with Crippen molar-refractivity contribution in [3.05, 3.63) is 17.7 Å². The highest BCUT2D eigenvalue weighted by Gasteiger charge is 2.22. The second-order valence-corrected chi connectivity index (χ2v) is 5.80. The predicted molar refractivity (Wildman–Crippen MR) is 78.5 cm³/mol. The van der Waals surface area contributed by atoms with Crippen LogP contribution in [-0.2, 0) is 16.4 Å². The van der Waals surface area contributed by atoms with Gasteiger partial charge in [-0.15, -0.1) is 6.42 Å². The molecule has 0 bridgehead atoms. The number of methoxy groups -OCH3 is 1. The van der Waals surface area contributed by atoms with Crippen LogP contribution < -0.4 is 15.2 Å². The van der Waals surface area contributed by atoms with Crippen molar-refractivity contribution in [1.29, 1.82) is 0 Å². The number of anilines is 1. The summed E-state index contributed by atoms with van der Waals surface area (Å²) >= 11 is 0. The van der Waals surface area contributed by atoms with Gasteiger partial charge in [0.15, 0.2) is 0 Å². The maximum atomic E-state index is 11.6. The Kier molecular flexibility index (Phi) is 5.99. The Balaban J connectivity index is 3.45. The summed E-state index contributed by atoms with van der Waals surface area (Å²) in [6, 6.07) is 2.78. The van der Waals surface area contributed by atoms with Gasteiger partial charge in [0.2, 0.25) is 10.0 Å². The molecule has 0 aliphatic rings. The molecular formula is C13H18N2O5S. The topological polar surface area (TPSA) is 122 Å². The van der Waals surface area contributed by atoms with Crippen molar-refractivity contribution in [2.75, 3.05) is 25.6 Å². The Hall–Kier alpha value is -1.79. The van der Waals surface area contributed by atoms with Crippen LogP contribution in [0.1, 0.15) is 5.56 Å². The summed E-state index contributed by atoms with van der Waals surface area (Å²) in [7, 11) is -2.64. The molecule has 0 aliphatic heterocycles. The van der Waals surface area contributed by atoms with E-state index in [4.69, 9.17) is 21.4 Å². The van der Waals surface area contributed by atoms with Gasteiger partial charge < -0.3 is 20.3 Å². The molecule has 0 fully saturated rings. The molecule has 8 heteroatoms. The Bertz CT molecular complexity index is 637. The Labute approximate surface area is 123 Å². The molecule has 21 heavy (non-hydrogen) atoms. The summed E-state index contributed by atoms with van der Waals surface area (Å²) in [5.74, 6) is 2.60. The van der Waals surface area contributed by atoms with Crippen molar-refractivity contribution in [2.45, 2.75) is 17.4 Å². The molecule has 0 aliphatic carbocycles. The number of primary sulfonamides is 1. The number of aliphatic hydroxyl groups is 2. The summed E-state index contributed by atoms with van der Waals surface area (Å²) < 4.78 is 28.5. The molecule has 1 unspecified atom stereocenters. The van der Waals surface area contributed by atoms with E-state index >= 15 is 0 Å². The number of terminal acetylenes is 1. The number of ether oxygens (including phenoxy) is 1. The lowest BCUT2D eigenvalue weighted by Gasteiger charge is -2.18. The van der Waals surface area contributed by atoms with Crippen LogP contribution in [0.15, 0.2) is 17.0 Å². The number of hydrogen-bond donors (Lipinski definition) is 4. The third-order valence-electron chi connectivity index (χ3n) is 2.76. The van der Waals surface area contributed by atoms with Crippen molar-refractivity contribution in [2.24, 2.45) is 5.14 Å². The molecule has 1 rings (SSSR count). The van der Waals surface area contributed by atoms with Gasteiger partial charge in [-0.1, -0.05) is 5.92 Å². The standard InChI is InChI=1S/C13H18N2O5S/c1-3-6-15-11-4-5-12(21(14,18)19)10(13(11)20-2)7-9(17)8-16/h1,4-5,9,15-17H,6-8H2,2H3,(H2,14,18,19). The monoisotopic (exact) mass is 314 g/mol. The van der Waals surface area contributed by atoms with Gasteiger partial charge in [-0.3, -0.25) is 0 Å². The fraction of sp³-hybridized carbons (Fsp3) is 0.385. The molecule has 0 amide bonds. The molecule has 0 saturated heterocycles. The minimum Gasteiger partial charge on any atom is -0.494 e. The average Bonchev–Trinajstić information content (AvgIpc) is 2.43. The zero-order valence-electron chi connectivity index (χ0n) is 11.5. The third kappa shape index (κ3) is 4.34. The van der Waals surface area contributed by atoms with E-state index in [2.05, 4.69) is 11.2 Å². The highest BCUT2D eigenvalue weighted by molar-refractivity contribution is 7.89. The maximum Gasteiger partial charge on any atom is 0.238 e. The molecule has 1 atom stereocenters. The van der Waals surface area contributed by atoms with Gasteiger partial charge in [0.1, 0.15) is 5.75 Å². The molecule has 5 N–H and O–H groups in total. The van der Waals surface area contributed by atoms with Crippen LogP contribution in [0.25, 0.3) is 0 Å². The number of benzene rings is 1. The minimum absolute atomic E-state index is 0.128. The molecule has 0 aromatic heterocycles. The predicted octanol–water partition coefficient (Wildman–Crippen LogP) is -0.717. The van der Waals surface area contributed by atoms with E-state index in [0.717, 1.165) is 0 Å². The van der Waals surface area contributed by atoms with Crippen molar-refractivity contribution < 1.29 is 23.4 Å². The van der Waals surface area contributed by atoms with Gasteiger partial charge in [0.25, 0.3) is 0 Å². The Morgan fingerprint density at radius 2 is 2.19 bits per heavy atom. The highest BCUT2D eigenvalue weighted by atomic mass is 32.2. The van der Waals surface area contributed by atoms with Crippen LogP contribution in [0.3, 0.4) is 0 Å².